The molecule has 2 aromatic carbocycles. The Morgan fingerprint density at radius 1 is 0.958 bits per heavy atom. The minimum atomic E-state index is -0.865. The highest BCUT2D eigenvalue weighted by Gasteiger charge is 2.20. The van der Waals surface area contributed by atoms with Crippen LogP contribution in [-0.4, -0.2) is 31.7 Å². The number of hydrogen-bond donors (Lipinski definition) is 1. The Bertz CT molecular complexity index is 770. The summed E-state index contributed by atoms with van der Waals surface area (Å²) in [6.45, 7) is 0. The maximum Gasteiger partial charge on any atom is 0.292 e. The Morgan fingerprint density at radius 2 is 1.71 bits per heavy atom. The van der Waals surface area contributed by atoms with E-state index < -0.39 is 23.9 Å². The Balaban J connectivity index is 2.03. The number of Topliss-reactive ketones (excluding diaryl/α,β-unsaturated/α-hetero) is 2. The Kier molecular flexibility index (Phi) is 5.68. The van der Waals surface area contributed by atoms with Gasteiger partial charge in [-0.25, -0.2) is 0 Å². The summed E-state index contributed by atoms with van der Waals surface area (Å²) in [6, 6.07) is 13.1. The molecule has 0 aliphatic carbocycles. The number of amides is 1. The quantitative estimate of drug-likeness (QED) is 0.480. The van der Waals surface area contributed by atoms with Gasteiger partial charge in [0.25, 0.3) is 5.91 Å². The number of benzene rings is 2. The third-order valence-electron chi connectivity index (χ3n) is 3.32. The molecule has 0 radical (unpaired) electrons. The van der Waals surface area contributed by atoms with Crippen LogP contribution < -0.4 is 14.8 Å². The first-order chi connectivity index (χ1) is 11.5. The van der Waals surface area contributed by atoms with Crippen LogP contribution in [0, 0.1) is 0 Å². The van der Waals surface area contributed by atoms with Crippen LogP contribution in [0.2, 0.25) is 0 Å². The lowest BCUT2D eigenvalue weighted by Gasteiger charge is -2.09. The highest BCUT2D eigenvalue weighted by Crippen LogP contribution is 2.23. The van der Waals surface area contributed by atoms with Crippen LogP contribution in [0.25, 0.3) is 0 Å². The van der Waals surface area contributed by atoms with E-state index in [0.29, 0.717) is 22.7 Å². The van der Waals surface area contributed by atoms with Crippen molar-refractivity contribution in [2.24, 2.45) is 0 Å². The molecule has 1 amide bonds. The van der Waals surface area contributed by atoms with E-state index in [1.54, 1.807) is 42.5 Å². The summed E-state index contributed by atoms with van der Waals surface area (Å²) in [7, 11) is 2.94. The molecule has 0 fully saturated rings. The highest BCUT2D eigenvalue weighted by molar-refractivity contribution is 6.44. The Morgan fingerprint density at radius 3 is 2.42 bits per heavy atom. The van der Waals surface area contributed by atoms with Crippen molar-refractivity contribution in [1.82, 2.24) is 0 Å². The number of hydrogen-bond acceptors (Lipinski definition) is 5. The van der Waals surface area contributed by atoms with E-state index >= 15 is 0 Å². The summed E-state index contributed by atoms with van der Waals surface area (Å²) in [5, 5.41) is 2.45. The van der Waals surface area contributed by atoms with E-state index in [4.69, 9.17) is 9.47 Å². The number of para-hydroxylation sites is 2. The molecule has 6 heteroatoms. The van der Waals surface area contributed by atoms with Crippen molar-refractivity contribution in [3.8, 4) is 11.5 Å². The second-order valence-electron chi connectivity index (χ2n) is 4.91. The lowest BCUT2D eigenvalue weighted by atomic mass is 10.1. The van der Waals surface area contributed by atoms with Crippen molar-refractivity contribution in [2.75, 3.05) is 19.5 Å². The normalized spacial score (nSPS) is 9.92. The Hall–Kier alpha value is -3.15. The first-order valence-electron chi connectivity index (χ1n) is 7.19. The fourth-order valence-electron chi connectivity index (χ4n) is 2.06. The van der Waals surface area contributed by atoms with Gasteiger partial charge in [-0.05, 0) is 24.3 Å². The molecule has 1 N–H and O–H groups in total. The van der Waals surface area contributed by atoms with Gasteiger partial charge >= 0.3 is 0 Å². The zero-order chi connectivity index (χ0) is 17.5. The summed E-state index contributed by atoms with van der Waals surface area (Å²) in [5.41, 5.74) is 0.681. The van der Waals surface area contributed by atoms with Gasteiger partial charge in [-0.2, -0.15) is 0 Å². The van der Waals surface area contributed by atoms with Crippen molar-refractivity contribution < 1.29 is 23.9 Å². The van der Waals surface area contributed by atoms with E-state index in [-0.39, 0.29) is 0 Å². The van der Waals surface area contributed by atoms with Gasteiger partial charge in [0, 0.05) is 5.56 Å². The van der Waals surface area contributed by atoms with Crippen LogP contribution in [0.5, 0.6) is 11.5 Å². The van der Waals surface area contributed by atoms with Gasteiger partial charge in [-0.3, -0.25) is 14.4 Å². The van der Waals surface area contributed by atoms with Crippen molar-refractivity contribution in [3.05, 3.63) is 54.1 Å². The molecule has 2 rings (SSSR count). The maximum atomic E-state index is 12.1. The van der Waals surface area contributed by atoms with Crippen LogP contribution in [0.3, 0.4) is 0 Å². The van der Waals surface area contributed by atoms with Crippen molar-refractivity contribution >= 4 is 23.2 Å². The van der Waals surface area contributed by atoms with Crippen molar-refractivity contribution in [1.29, 1.82) is 0 Å². The van der Waals surface area contributed by atoms with Crippen LogP contribution in [0.1, 0.15) is 16.8 Å². The molecule has 0 aliphatic heterocycles. The number of anilines is 1. The number of rotatable bonds is 7. The Labute approximate surface area is 139 Å². The average Bonchev–Trinajstić information content (AvgIpc) is 2.62. The third kappa shape index (κ3) is 4.19. The highest BCUT2D eigenvalue weighted by atomic mass is 16.5. The number of ether oxygens (including phenoxy) is 2. The molecule has 0 bridgehead atoms. The molecular formula is C18H17NO5. The van der Waals surface area contributed by atoms with E-state index in [1.165, 1.54) is 20.3 Å². The largest absolute Gasteiger partial charge is 0.497 e. The third-order valence-corrected chi connectivity index (χ3v) is 3.32. The van der Waals surface area contributed by atoms with E-state index in [9.17, 15) is 14.4 Å². The molecule has 6 nitrogen and oxygen atoms in total. The lowest BCUT2D eigenvalue weighted by molar-refractivity contribution is -0.134. The zero-order valence-electron chi connectivity index (χ0n) is 13.4. The summed E-state index contributed by atoms with van der Waals surface area (Å²) < 4.78 is 10.1. The van der Waals surface area contributed by atoms with Gasteiger partial charge in [0.05, 0.1) is 26.3 Å². The van der Waals surface area contributed by atoms with Crippen LogP contribution >= 0.6 is 0 Å². The molecular weight excluding hydrogens is 310 g/mol. The lowest BCUT2D eigenvalue weighted by Crippen LogP contribution is -2.25. The molecule has 0 heterocycles. The first-order valence-corrected chi connectivity index (χ1v) is 7.19. The summed E-state index contributed by atoms with van der Waals surface area (Å²) in [4.78, 5) is 36.1. The smallest absolute Gasteiger partial charge is 0.292 e. The van der Waals surface area contributed by atoms with Crippen LogP contribution in [-0.2, 0) is 9.59 Å². The summed E-state index contributed by atoms with van der Waals surface area (Å²) in [5.74, 6) is -1.21. The van der Waals surface area contributed by atoms with E-state index in [2.05, 4.69) is 5.32 Å². The number of ketones is 2. The van der Waals surface area contributed by atoms with Crippen molar-refractivity contribution in [3.63, 3.8) is 0 Å². The summed E-state index contributed by atoms with van der Waals surface area (Å²) in [6.07, 6.45) is -0.520. The molecule has 0 unspecified atom stereocenters. The van der Waals surface area contributed by atoms with Gasteiger partial charge in [0.15, 0.2) is 5.78 Å². The maximum absolute atomic E-state index is 12.1. The van der Waals surface area contributed by atoms with Crippen LogP contribution in [0.4, 0.5) is 5.69 Å². The molecule has 0 aromatic heterocycles. The molecule has 2 aromatic rings. The molecule has 0 saturated heterocycles. The zero-order valence-corrected chi connectivity index (χ0v) is 13.4. The van der Waals surface area contributed by atoms with Gasteiger partial charge < -0.3 is 14.8 Å². The SMILES string of the molecule is COc1cccc(C(=O)CC(=O)C(=O)Nc2ccccc2OC)c1. The second kappa shape index (κ2) is 7.92. The molecule has 124 valence electrons. The van der Waals surface area contributed by atoms with E-state index in [0.717, 1.165) is 0 Å². The molecule has 0 aliphatic rings. The predicted octanol–water partition coefficient (Wildman–Crippen LogP) is 2.48. The number of carbonyl (C=O) groups excluding carboxylic acids is 3. The molecule has 24 heavy (non-hydrogen) atoms. The van der Waals surface area contributed by atoms with Gasteiger partial charge in [0.1, 0.15) is 11.5 Å². The number of carbonyl (C=O) groups is 3. The molecule has 0 atom stereocenters. The second-order valence-corrected chi connectivity index (χ2v) is 4.91. The van der Waals surface area contributed by atoms with E-state index in [1.807, 2.05) is 0 Å². The number of nitrogens with one attached hydrogen (secondary N) is 1. The topological polar surface area (TPSA) is 81.7 Å². The fraction of sp³-hybridized carbons (Fsp3) is 0.167. The predicted molar refractivity (Wildman–Crippen MR) is 88.6 cm³/mol. The minimum Gasteiger partial charge on any atom is -0.497 e. The van der Waals surface area contributed by atoms with Crippen LogP contribution in [0.15, 0.2) is 48.5 Å². The first kappa shape index (κ1) is 17.2. The average molecular weight is 327 g/mol. The minimum absolute atomic E-state index is 0.313. The standard InChI is InChI=1S/C18H17NO5/c1-23-13-7-5-6-12(10-13)15(20)11-16(21)18(22)19-14-8-3-4-9-17(14)24-2/h3-10H,11H2,1-2H3,(H,19,22). The monoisotopic (exact) mass is 327 g/mol. The van der Waals surface area contributed by atoms with Gasteiger partial charge in [0.2, 0.25) is 5.78 Å². The van der Waals surface area contributed by atoms with Gasteiger partial charge in [-0.1, -0.05) is 24.3 Å². The number of methoxy groups -OCH3 is 2. The fourth-order valence-corrected chi connectivity index (χ4v) is 2.06. The molecule has 0 spiro atoms. The van der Waals surface area contributed by atoms with Gasteiger partial charge in [-0.15, -0.1) is 0 Å². The van der Waals surface area contributed by atoms with Crippen molar-refractivity contribution in [2.45, 2.75) is 6.42 Å². The summed E-state index contributed by atoms with van der Waals surface area (Å²) >= 11 is 0. The molecule has 0 saturated carbocycles.